The molecule has 0 atom stereocenters. The fraction of sp³-hybridized carbons (Fsp3) is 0.167. The Morgan fingerprint density at radius 3 is 2.47 bits per heavy atom. The fourth-order valence-corrected chi connectivity index (χ4v) is 4.22. The monoisotopic (exact) mass is 448 g/mol. The molecule has 34 heavy (non-hydrogen) atoms. The molecule has 0 unspecified atom stereocenters. The highest BCUT2D eigenvalue weighted by molar-refractivity contribution is 5.88. The molecule has 1 heterocycles. The van der Waals surface area contributed by atoms with E-state index in [1.54, 1.807) is 7.11 Å². The summed E-state index contributed by atoms with van der Waals surface area (Å²) >= 11 is 0. The number of aromatic nitrogens is 2. The zero-order valence-electron chi connectivity index (χ0n) is 19.4. The van der Waals surface area contributed by atoms with Crippen LogP contribution < -0.4 is 9.47 Å². The van der Waals surface area contributed by atoms with Gasteiger partial charge in [0.2, 0.25) is 0 Å². The Morgan fingerprint density at radius 1 is 0.794 bits per heavy atom. The topological polar surface area (TPSA) is 36.3 Å². The molecule has 0 amide bonds. The first-order valence-electron chi connectivity index (χ1n) is 11.7. The second kappa shape index (κ2) is 10.3. The van der Waals surface area contributed by atoms with Crippen molar-refractivity contribution in [2.75, 3.05) is 13.7 Å². The maximum absolute atomic E-state index is 6.13. The van der Waals surface area contributed by atoms with Gasteiger partial charge in [0.1, 0.15) is 17.3 Å². The molecule has 0 radical (unpaired) electrons. The van der Waals surface area contributed by atoms with Gasteiger partial charge in [-0.15, -0.1) is 0 Å². The summed E-state index contributed by atoms with van der Waals surface area (Å²) in [5.74, 6) is 2.77. The van der Waals surface area contributed by atoms with E-state index in [9.17, 15) is 0 Å². The van der Waals surface area contributed by atoms with Gasteiger partial charge >= 0.3 is 0 Å². The van der Waals surface area contributed by atoms with Crippen molar-refractivity contribution in [1.82, 2.24) is 9.55 Å². The number of unbranched alkanes of at least 4 members (excludes halogenated alkanes) is 1. The number of benzene rings is 4. The number of fused-ring (bicyclic) bond motifs is 2. The Kier molecular flexibility index (Phi) is 6.57. The van der Waals surface area contributed by atoms with E-state index in [0.717, 1.165) is 58.7 Å². The van der Waals surface area contributed by atoms with E-state index in [2.05, 4.69) is 71.3 Å². The van der Waals surface area contributed by atoms with E-state index in [0.29, 0.717) is 6.61 Å². The maximum Gasteiger partial charge on any atom is 0.133 e. The molecule has 4 aromatic carbocycles. The van der Waals surface area contributed by atoms with Crippen molar-refractivity contribution in [1.29, 1.82) is 0 Å². The molecule has 170 valence electrons. The summed E-state index contributed by atoms with van der Waals surface area (Å²) in [5.41, 5.74) is 3.29. The van der Waals surface area contributed by atoms with Crippen LogP contribution in [0.2, 0.25) is 0 Å². The highest BCUT2D eigenvalue weighted by Crippen LogP contribution is 2.25. The van der Waals surface area contributed by atoms with Gasteiger partial charge in [0.05, 0.1) is 24.8 Å². The van der Waals surface area contributed by atoms with Crippen molar-refractivity contribution < 1.29 is 9.47 Å². The second-order valence-electron chi connectivity index (χ2n) is 8.25. The summed E-state index contributed by atoms with van der Waals surface area (Å²) in [5, 5.41) is 2.37. The average Bonchev–Trinajstić information content (AvgIpc) is 3.25. The molecule has 0 fully saturated rings. The van der Waals surface area contributed by atoms with Crippen LogP contribution in [0.25, 0.3) is 34.0 Å². The second-order valence-corrected chi connectivity index (χ2v) is 8.25. The third kappa shape index (κ3) is 4.81. The Morgan fingerprint density at radius 2 is 1.59 bits per heavy atom. The minimum absolute atomic E-state index is 0.692. The molecule has 0 saturated carbocycles. The quantitative estimate of drug-likeness (QED) is 0.223. The van der Waals surface area contributed by atoms with E-state index in [4.69, 9.17) is 14.5 Å². The van der Waals surface area contributed by atoms with Crippen LogP contribution in [0.4, 0.5) is 0 Å². The predicted octanol–water partition coefficient (Wildman–Crippen LogP) is 7.23. The third-order valence-electron chi connectivity index (χ3n) is 6.01. The number of hydrogen-bond donors (Lipinski definition) is 0. The van der Waals surface area contributed by atoms with Crippen molar-refractivity contribution in [3.63, 3.8) is 0 Å². The number of rotatable bonds is 9. The van der Waals surface area contributed by atoms with Crippen molar-refractivity contribution in [3.05, 3.63) is 102 Å². The number of imidazole rings is 1. The van der Waals surface area contributed by atoms with Crippen molar-refractivity contribution in [2.24, 2.45) is 0 Å². The fourth-order valence-electron chi connectivity index (χ4n) is 4.22. The summed E-state index contributed by atoms with van der Waals surface area (Å²) in [6.07, 6.45) is 6.17. The summed E-state index contributed by atoms with van der Waals surface area (Å²) in [6, 6.07) is 30.9. The molecule has 5 rings (SSSR count). The highest BCUT2D eigenvalue weighted by atomic mass is 16.5. The molecule has 0 spiro atoms. The zero-order valence-corrected chi connectivity index (χ0v) is 19.4. The highest BCUT2D eigenvalue weighted by Gasteiger charge is 2.08. The summed E-state index contributed by atoms with van der Waals surface area (Å²) in [6.45, 7) is 1.58. The number of hydrogen-bond acceptors (Lipinski definition) is 3. The Balaban J connectivity index is 1.26. The van der Waals surface area contributed by atoms with Gasteiger partial charge in [-0.25, -0.2) is 4.98 Å². The molecular formula is C30H28N2O2. The lowest BCUT2D eigenvalue weighted by atomic mass is 10.1. The van der Waals surface area contributed by atoms with Crippen LogP contribution in [0.15, 0.2) is 91.0 Å². The molecule has 0 bridgehead atoms. The Labute approximate surface area is 200 Å². The van der Waals surface area contributed by atoms with Gasteiger partial charge in [0.25, 0.3) is 0 Å². The number of nitrogens with zero attached hydrogens (tertiary/aromatic N) is 2. The number of ether oxygens (including phenoxy) is 2. The van der Waals surface area contributed by atoms with Crippen molar-refractivity contribution in [2.45, 2.75) is 19.4 Å². The smallest absolute Gasteiger partial charge is 0.133 e. The van der Waals surface area contributed by atoms with E-state index in [1.807, 2.05) is 36.4 Å². The van der Waals surface area contributed by atoms with Crippen LogP contribution >= 0.6 is 0 Å². The summed E-state index contributed by atoms with van der Waals surface area (Å²) in [7, 11) is 1.68. The minimum atomic E-state index is 0.692. The molecule has 0 saturated heterocycles. The first-order chi connectivity index (χ1) is 16.8. The Hall–Kier alpha value is -4.05. The number of aryl methyl sites for hydroxylation is 1. The largest absolute Gasteiger partial charge is 0.497 e. The first-order valence-corrected chi connectivity index (χ1v) is 11.7. The van der Waals surface area contributed by atoms with Crippen LogP contribution in [0.3, 0.4) is 0 Å². The van der Waals surface area contributed by atoms with E-state index in [-0.39, 0.29) is 0 Å². The Bertz CT molecular complexity index is 1410. The van der Waals surface area contributed by atoms with Gasteiger partial charge in [0.15, 0.2) is 0 Å². The van der Waals surface area contributed by atoms with Crippen molar-refractivity contribution in [3.8, 4) is 11.5 Å². The molecule has 0 aliphatic heterocycles. The van der Waals surface area contributed by atoms with Gasteiger partial charge in [-0.3, -0.25) is 0 Å². The predicted molar refractivity (Wildman–Crippen MR) is 140 cm³/mol. The van der Waals surface area contributed by atoms with Gasteiger partial charge in [-0.05, 0) is 60.2 Å². The summed E-state index contributed by atoms with van der Waals surface area (Å²) < 4.78 is 13.7. The summed E-state index contributed by atoms with van der Waals surface area (Å²) in [4.78, 5) is 4.86. The van der Waals surface area contributed by atoms with E-state index in [1.165, 1.54) is 5.39 Å². The van der Waals surface area contributed by atoms with Crippen LogP contribution in [0.5, 0.6) is 11.5 Å². The lowest BCUT2D eigenvalue weighted by Gasteiger charge is -2.10. The van der Waals surface area contributed by atoms with Crippen LogP contribution in [-0.4, -0.2) is 23.3 Å². The number of methoxy groups -OCH3 is 1. The van der Waals surface area contributed by atoms with Gasteiger partial charge in [-0.1, -0.05) is 66.7 Å². The van der Waals surface area contributed by atoms with Crippen LogP contribution in [-0.2, 0) is 6.54 Å². The standard InChI is InChI=1S/C30H28N2O2/c1-33-25-18-15-23(16-19-25)17-20-30-31-27-12-4-5-13-28(27)32(30)21-6-7-22-34-29-14-8-10-24-9-2-3-11-26(24)29/h2-5,8-20H,6-7,21-22H2,1H3/b20-17+. The minimum Gasteiger partial charge on any atom is -0.497 e. The molecule has 4 nitrogen and oxygen atoms in total. The SMILES string of the molecule is COc1ccc(/C=C/c2nc3ccccc3n2CCCCOc2cccc3ccccc23)cc1. The molecule has 0 aliphatic rings. The average molecular weight is 449 g/mol. The third-order valence-corrected chi connectivity index (χ3v) is 6.01. The molecule has 5 aromatic rings. The lowest BCUT2D eigenvalue weighted by Crippen LogP contribution is -2.04. The molecular weight excluding hydrogens is 420 g/mol. The van der Waals surface area contributed by atoms with E-state index >= 15 is 0 Å². The van der Waals surface area contributed by atoms with Gasteiger partial charge < -0.3 is 14.0 Å². The molecule has 0 aliphatic carbocycles. The molecule has 1 aromatic heterocycles. The molecule has 0 N–H and O–H groups in total. The van der Waals surface area contributed by atoms with Crippen LogP contribution in [0, 0.1) is 0 Å². The van der Waals surface area contributed by atoms with E-state index < -0.39 is 0 Å². The number of para-hydroxylation sites is 2. The van der Waals surface area contributed by atoms with Crippen molar-refractivity contribution >= 4 is 34.0 Å². The normalized spacial score (nSPS) is 11.4. The lowest BCUT2D eigenvalue weighted by molar-refractivity contribution is 0.307. The van der Waals surface area contributed by atoms with Gasteiger partial charge in [0, 0.05) is 11.9 Å². The van der Waals surface area contributed by atoms with Crippen LogP contribution in [0.1, 0.15) is 24.2 Å². The molecule has 4 heteroatoms. The maximum atomic E-state index is 6.13. The zero-order chi connectivity index (χ0) is 23.2. The first kappa shape index (κ1) is 21.8. The van der Waals surface area contributed by atoms with Gasteiger partial charge in [-0.2, -0.15) is 0 Å².